The second-order valence-electron chi connectivity index (χ2n) is 7.91. The lowest BCUT2D eigenvalue weighted by Crippen LogP contribution is -2.18. The van der Waals surface area contributed by atoms with Crippen LogP contribution in [0.3, 0.4) is 0 Å². The van der Waals surface area contributed by atoms with Crippen LogP contribution in [-0.2, 0) is 19.5 Å². The van der Waals surface area contributed by atoms with Gasteiger partial charge in [-0.15, -0.1) is 0 Å². The number of rotatable bonds is 8. The van der Waals surface area contributed by atoms with Crippen LogP contribution in [0.5, 0.6) is 0 Å². The maximum atomic E-state index is 7.65. The number of nitrogens with two attached hydrogens (primary N) is 1. The Kier molecular flexibility index (Phi) is 6.30. The lowest BCUT2D eigenvalue weighted by atomic mass is 10.0. The molecule has 0 bridgehead atoms. The Balaban J connectivity index is 1.61. The molecule has 3 heterocycles. The molecular weight excluding hydrogens is 374 g/mol. The zero-order valence-corrected chi connectivity index (χ0v) is 17.5. The van der Waals surface area contributed by atoms with Crippen molar-refractivity contribution in [2.45, 2.75) is 39.3 Å². The van der Waals surface area contributed by atoms with Crippen LogP contribution in [0.4, 0.5) is 0 Å². The molecule has 0 aliphatic carbocycles. The van der Waals surface area contributed by atoms with Gasteiger partial charge in [-0.3, -0.25) is 4.90 Å². The molecule has 1 aromatic carbocycles. The highest BCUT2D eigenvalue weighted by Crippen LogP contribution is 2.23. The van der Waals surface area contributed by atoms with Crippen LogP contribution in [-0.4, -0.2) is 50.3 Å². The average molecular weight is 404 g/mol. The molecule has 7 nitrogen and oxygen atoms in total. The molecule has 0 atom stereocenters. The van der Waals surface area contributed by atoms with Gasteiger partial charge in [-0.05, 0) is 68.6 Å². The Morgan fingerprint density at radius 1 is 1.13 bits per heavy atom. The van der Waals surface area contributed by atoms with Crippen molar-refractivity contribution in [1.29, 1.82) is 5.41 Å². The molecule has 1 aliphatic rings. The molecular formula is C23H29N7. The smallest absolute Gasteiger partial charge is 0.159 e. The van der Waals surface area contributed by atoms with E-state index in [2.05, 4.69) is 25.6 Å². The normalized spacial score (nSPS) is 14.3. The zero-order chi connectivity index (χ0) is 20.9. The summed E-state index contributed by atoms with van der Waals surface area (Å²) in [5.41, 5.74) is 10.7. The van der Waals surface area contributed by atoms with E-state index in [-0.39, 0.29) is 0 Å². The van der Waals surface area contributed by atoms with Crippen molar-refractivity contribution < 1.29 is 0 Å². The van der Waals surface area contributed by atoms with E-state index in [1.54, 1.807) is 0 Å². The fourth-order valence-corrected chi connectivity index (χ4v) is 4.01. The minimum Gasteiger partial charge on any atom is -0.330 e. The second-order valence-corrected chi connectivity index (χ2v) is 7.91. The van der Waals surface area contributed by atoms with Gasteiger partial charge in [-0.2, -0.15) is 0 Å². The average Bonchev–Trinajstić information content (AvgIpc) is 3.39. The van der Waals surface area contributed by atoms with E-state index in [0.29, 0.717) is 18.9 Å². The van der Waals surface area contributed by atoms with Gasteiger partial charge in [-0.1, -0.05) is 12.1 Å². The van der Waals surface area contributed by atoms with Gasteiger partial charge in [0.2, 0.25) is 0 Å². The first-order valence-corrected chi connectivity index (χ1v) is 10.6. The number of imidazole rings is 1. The molecule has 0 radical (unpaired) electrons. The number of hydrogen-bond donors (Lipinski definition) is 2. The molecule has 4 rings (SSSR count). The fourth-order valence-electron chi connectivity index (χ4n) is 4.01. The number of likely N-dealkylation sites (tertiary alicyclic amines) is 1. The maximum absolute atomic E-state index is 7.65. The molecule has 1 fully saturated rings. The minimum absolute atomic E-state index is 0.585. The van der Waals surface area contributed by atoms with Crippen LogP contribution in [0.15, 0.2) is 36.8 Å². The number of nitrogens with zero attached hydrogens (tertiary/aromatic N) is 5. The highest BCUT2D eigenvalue weighted by atomic mass is 15.2. The van der Waals surface area contributed by atoms with E-state index < -0.39 is 0 Å². The standard InChI is InChI=1S/C23H29N7/c1-17-28-21(15-29-8-2-3-9-29)16-30(17)14-20-10-18(11-25)4-5-22(20)23-26-12-19(6-7-24)13-27-23/h4-5,10-13,16,25H,2-3,6-9,14-15,24H2,1H3. The Morgan fingerprint density at radius 2 is 1.90 bits per heavy atom. The van der Waals surface area contributed by atoms with Gasteiger partial charge in [-0.25, -0.2) is 15.0 Å². The quantitative estimate of drug-likeness (QED) is 0.564. The van der Waals surface area contributed by atoms with Crippen molar-refractivity contribution in [2.75, 3.05) is 19.6 Å². The number of benzene rings is 1. The molecule has 1 aliphatic heterocycles. The Hall–Kier alpha value is -2.90. The van der Waals surface area contributed by atoms with Crippen LogP contribution < -0.4 is 5.73 Å². The van der Waals surface area contributed by atoms with Gasteiger partial charge < -0.3 is 15.7 Å². The van der Waals surface area contributed by atoms with Gasteiger partial charge in [0.15, 0.2) is 5.82 Å². The topological polar surface area (TPSA) is 96.7 Å². The SMILES string of the molecule is Cc1nc(CN2CCCC2)cn1Cc1cc(C=N)ccc1-c1ncc(CCN)cn1. The molecule has 3 N–H and O–H groups in total. The van der Waals surface area contributed by atoms with Crippen molar-refractivity contribution in [3.05, 3.63) is 65.0 Å². The Bertz CT molecular complexity index is 1000. The van der Waals surface area contributed by atoms with Gasteiger partial charge in [0.25, 0.3) is 0 Å². The molecule has 0 amide bonds. The fraction of sp³-hybridized carbons (Fsp3) is 0.391. The van der Waals surface area contributed by atoms with Gasteiger partial charge in [0.05, 0.1) is 5.69 Å². The highest BCUT2D eigenvalue weighted by molar-refractivity contribution is 5.79. The molecule has 7 heteroatoms. The Morgan fingerprint density at radius 3 is 2.60 bits per heavy atom. The number of aryl methyl sites for hydroxylation is 1. The third-order valence-corrected chi connectivity index (χ3v) is 5.63. The maximum Gasteiger partial charge on any atom is 0.159 e. The third-order valence-electron chi connectivity index (χ3n) is 5.63. The lowest BCUT2D eigenvalue weighted by Gasteiger charge is -2.13. The monoisotopic (exact) mass is 403 g/mol. The predicted octanol–water partition coefficient (Wildman–Crippen LogP) is 2.79. The van der Waals surface area contributed by atoms with Crippen LogP contribution in [0.2, 0.25) is 0 Å². The summed E-state index contributed by atoms with van der Waals surface area (Å²) in [7, 11) is 0. The summed E-state index contributed by atoms with van der Waals surface area (Å²) in [6, 6.07) is 5.98. The third kappa shape index (κ3) is 4.63. The number of aromatic nitrogens is 4. The zero-order valence-electron chi connectivity index (χ0n) is 17.5. The van der Waals surface area contributed by atoms with Crippen LogP contribution in [0.1, 0.15) is 41.1 Å². The number of nitrogens with one attached hydrogen (secondary N) is 1. The van der Waals surface area contributed by atoms with E-state index in [4.69, 9.17) is 16.1 Å². The number of hydrogen-bond acceptors (Lipinski definition) is 6. The van der Waals surface area contributed by atoms with Gasteiger partial charge >= 0.3 is 0 Å². The highest BCUT2D eigenvalue weighted by Gasteiger charge is 2.15. The van der Waals surface area contributed by atoms with Crippen LogP contribution >= 0.6 is 0 Å². The van der Waals surface area contributed by atoms with E-state index in [1.807, 2.05) is 37.5 Å². The molecule has 0 spiro atoms. The van der Waals surface area contributed by atoms with Crippen molar-refractivity contribution in [3.63, 3.8) is 0 Å². The summed E-state index contributed by atoms with van der Waals surface area (Å²) in [6.45, 7) is 6.54. The van der Waals surface area contributed by atoms with Crippen molar-refractivity contribution in [3.8, 4) is 11.4 Å². The van der Waals surface area contributed by atoms with E-state index in [9.17, 15) is 0 Å². The summed E-state index contributed by atoms with van der Waals surface area (Å²) in [4.78, 5) is 16.4. The summed E-state index contributed by atoms with van der Waals surface area (Å²) < 4.78 is 2.18. The second kappa shape index (κ2) is 9.28. The summed E-state index contributed by atoms with van der Waals surface area (Å²) >= 11 is 0. The summed E-state index contributed by atoms with van der Waals surface area (Å²) in [6.07, 6.45) is 10.6. The largest absolute Gasteiger partial charge is 0.330 e. The van der Waals surface area contributed by atoms with Crippen molar-refractivity contribution >= 4 is 6.21 Å². The molecule has 156 valence electrons. The molecule has 2 aromatic heterocycles. The van der Waals surface area contributed by atoms with Gasteiger partial charge in [0.1, 0.15) is 5.82 Å². The molecule has 30 heavy (non-hydrogen) atoms. The molecule has 0 saturated carbocycles. The van der Waals surface area contributed by atoms with E-state index in [0.717, 1.165) is 59.8 Å². The summed E-state index contributed by atoms with van der Waals surface area (Å²) in [5.74, 6) is 1.69. The van der Waals surface area contributed by atoms with E-state index >= 15 is 0 Å². The lowest BCUT2D eigenvalue weighted by molar-refractivity contribution is 0.327. The van der Waals surface area contributed by atoms with Crippen molar-refractivity contribution in [2.24, 2.45) is 5.73 Å². The first kappa shape index (κ1) is 20.4. The van der Waals surface area contributed by atoms with Crippen LogP contribution in [0, 0.1) is 12.3 Å². The summed E-state index contributed by atoms with van der Waals surface area (Å²) in [5, 5.41) is 7.65. The minimum atomic E-state index is 0.585. The molecule has 1 saturated heterocycles. The predicted molar refractivity (Wildman–Crippen MR) is 119 cm³/mol. The van der Waals surface area contributed by atoms with Crippen LogP contribution in [0.25, 0.3) is 11.4 Å². The van der Waals surface area contributed by atoms with Gasteiger partial charge in [0, 0.05) is 43.5 Å². The van der Waals surface area contributed by atoms with E-state index in [1.165, 1.54) is 19.1 Å². The van der Waals surface area contributed by atoms with Crippen molar-refractivity contribution in [1.82, 2.24) is 24.4 Å². The molecule has 3 aromatic rings. The molecule has 0 unspecified atom stereocenters. The Labute approximate surface area is 177 Å². The first-order chi connectivity index (χ1) is 14.7. The first-order valence-electron chi connectivity index (χ1n) is 10.6.